The second kappa shape index (κ2) is 11.2. The molecule has 0 N–H and O–H groups in total. The molecular weight excluding hydrogens is 444 g/mol. The van der Waals surface area contributed by atoms with Crippen LogP contribution in [0.15, 0.2) is 60.9 Å². The van der Waals surface area contributed by atoms with Crippen molar-refractivity contribution in [1.82, 2.24) is 29.5 Å². The zero-order valence-electron chi connectivity index (χ0n) is 21.5. The van der Waals surface area contributed by atoms with Crippen LogP contribution in [0.25, 0.3) is 0 Å². The summed E-state index contributed by atoms with van der Waals surface area (Å²) in [4.78, 5) is 7.98. The summed E-state index contributed by atoms with van der Waals surface area (Å²) in [5, 5.41) is 9.12. The minimum Gasteiger partial charge on any atom is -0.311 e. The predicted octanol–water partition coefficient (Wildman–Crippen LogP) is 4.57. The van der Waals surface area contributed by atoms with Gasteiger partial charge in [0.25, 0.3) is 0 Å². The summed E-state index contributed by atoms with van der Waals surface area (Å²) >= 11 is 0. The van der Waals surface area contributed by atoms with Gasteiger partial charge in [0, 0.05) is 25.7 Å². The fourth-order valence-electron chi connectivity index (χ4n) is 6.49. The SMILES string of the molecule is c1ccc(Cn2cnnc2C(c2ccc(CN3CCCCC3)cc2)N2CC[C@H](N3CCCC3)C2)cc1. The van der Waals surface area contributed by atoms with Gasteiger partial charge in [0.2, 0.25) is 0 Å². The summed E-state index contributed by atoms with van der Waals surface area (Å²) in [6.07, 6.45) is 9.92. The van der Waals surface area contributed by atoms with Crippen LogP contribution in [0, 0.1) is 0 Å². The molecule has 36 heavy (non-hydrogen) atoms. The second-order valence-corrected chi connectivity index (χ2v) is 11.0. The first-order chi connectivity index (χ1) is 17.8. The molecule has 4 heterocycles. The molecule has 3 saturated heterocycles. The highest BCUT2D eigenvalue weighted by atomic mass is 15.3. The summed E-state index contributed by atoms with van der Waals surface area (Å²) in [6, 6.07) is 20.9. The molecule has 0 amide bonds. The normalized spacial score (nSPS) is 22.8. The molecule has 0 spiro atoms. The van der Waals surface area contributed by atoms with Gasteiger partial charge in [0.15, 0.2) is 5.82 Å². The lowest BCUT2D eigenvalue weighted by Crippen LogP contribution is -2.37. The lowest BCUT2D eigenvalue weighted by Gasteiger charge is -2.30. The van der Waals surface area contributed by atoms with E-state index in [0.717, 1.165) is 32.0 Å². The molecule has 3 aliphatic heterocycles. The minimum atomic E-state index is 0.132. The zero-order chi connectivity index (χ0) is 24.2. The van der Waals surface area contributed by atoms with Gasteiger partial charge >= 0.3 is 0 Å². The molecule has 6 rings (SSSR count). The number of hydrogen-bond acceptors (Lipinski definition) is 5. The zero-order valence-corrected chi connectivity index (χ0v) is 21.5. The van der Waals surface area contributed by atoms with Crippen molar-refractivity contribution in [3.8, 4) is 0 Å². The molecule has 1 unspecified atom stereocenters. The van der Waals surface area contributed by atoms with Crippen LogP contribution in [0.2, 0.25) is 0 Å². The fourth-order valence-corrected chi connectivity index (χ4v) is 6.49. The summed E-state index contributed by atoms with van der Waals surface area (Å²) in [5.74, 6) is 1.06. The maximum Gasteiger partial charge on any atom is 0.155 e. The lowest BCUT2D eigenvalue weighted by atomic mass is 10.0. The molecule has 0 saturated carbocycles. The highest BCUT2D eigenvalue weighted by Crippen LogP contribution is 2.33. The van der Waals surface area contributed by atoms with E-state index in [0.29, 0.717) is 6.04 Å². The number of rotatable bonds is 8. The van der Waals surface area contributed by atoms with E-state index < -0.39 is 0 Å². The van der Waals surface area contributed by atoms with Gasteiger partial charge in [-0.25, -0.2) is 0 Å². The first-order valence-electron chi connectivity index (χ1n) is 14.0. The van der Waals surface area contributed by atoms with Gasteiger partial charge in [-0.3, -0.25) is 14.7 Å². The van der Waals surface area contributed by atoms with E-state index in [1.54, 1.807) is 0 Å². The standard InChI is InChI=1S/C30H40N6/c1-3-9-25(10-4-1)22-36-24-31-32-30(36)29(35-20-15-28(23-35)34-18-7-8-19-34)27-13-11-26(12-14-27)21-33-16-5-2-6-17-33/h1,3-4,9-14,24,28-29H,2,5-8,15-23H2/t28-,29?/m0/s1. The van der Waals surface area contributed by atoms with Gasteiger partial charge < -0.3 is 4.57 Å². The van der Waals surface area contributed by atoms with Crippen molar-refractivity contribution < 1.29 is 0 Å². The Morgan fingerprint density at radius 1 is 0.750 bits per heavy atom. The Kier molecular flexibility index (Phi) is 7.44. The number of aromatic nitrogens is 3. The van der Waals surface area contributed by atoms with E-state index in [1.807, 2.05) is 6.33 Å². The highest BCUT2D eigenvalue weighted by molar-refractivity contribution is 5.30. The summed E-state index contributed by atoms with van der Waals surface area (Å²) < 4.78 is 2.25. The smallest absolute Gasteiger partial charge is 0.155 e. The molecule has 0 aliphatic carbocycles. The Morgan fingerprint density at radius 3 is 2.25 bits per heavy atom. The van der Waals surface area contributed by atoms with Crippen LogP contribution in [0.5, 0.6) is 0 Å². The van der Waals surface area contributed by atoms with Crippen molar-refractivity contribution >= 4 is 0 Å². The van der Waals surface area contributed by atoms with Gasteiger partial charge in [-0.15, -0.1) is 10.2 Å². The van der Waals surface area contributed by atoms with Crippen molar-refractivity contribution in [2.24, 2.45) is 0 Å². The van der Waals surface area contributed by atoms with Crippen LogP contribution in [0.4, 0.5) is 0 Å². The van der Waals surface area contributed by atoms with Gasteiger partial charge in [0.1, 0.15) is 6.33 Å². The van der Waals surface area contributed by atoms with Crippen molar-refractivity contribution in [2.75, 3.05) is 39.3 Å². The Morgan fingerprint density at radius 2 is 1.47 bits per heavy atom. The summed E-state index contributed by atoms with van der Waals surface area (Å²) in [6.45, 7) is 9.08. The van der Waals surface area contributed by atoms with Gasteiger partial charge in [0.05, 0.1) is 12.6 Å². The van der Waals surface area contributed by atoms with Gasteiger partial charge in [-0.05, 0) is 75.0 Å². The second-order valence-electron chi connectivity index (χ2n) is 11.0. The maximum absolute atomic E-state index is 4.72. The highest BCUT2D eigenvalue weighted by Gasteiger charge is 2.36. The number of nitrogens with zero attached hydrogens (tertiary/aromatic N) is 6. The minimum absolute atomic E-state index is 0.132. The van der Waals surface area contributed by atoms with E-state index in [1.165, 1.54) is 81.4 Å². The van der Waals surface area contributed by atoms with Crippen LogP contribution >= 0.6 is 0 Å². The molecule has 190 valence electrons. The number of benzene rings is 2. The third-order valence-electron chi connectivity index (χ3n) is 8.45. The predicted molar refractivity (Wildman–Crippen MR) is 144 cm³/mol. The van der Waals surface area contributed by atoms with E-state index in [9.17, 15) is 0 Å². The number of piperidine rings is 1. The Bertz CT molecular complexity index is 1080. The van der Waals surface area contributed by atoms with Crippen LogP contribution < -0.4 is 0 Å². The maximum atomic E-state index is 4.72. The average Bonchev–Trinajstić information content (AvgIpc) is 3.70. The summed E-state index contributed by atoms with van der Waals surface area (Å²) in [7, 11) is 0. The van der Waals surface area contributed by atoms with Crippen LogP contribution in [-0.4, -0.2) is 74.8 Å². The quantitative estimate of drug-likeness (QED) is 0.468. The monoisotopic (exact) mass is 484 g/mol. The van der Waals surface area contributed by atoms with Crippen molar-refractivity contribution in [1.29, 1.82) is 0 Å². The lowest BCUT2D eigenvalue weighted by molar-refractivity contribution is 0.210. The molecule has 2 aromatic carbocycles. The molecular formula is C30H40N6. The molecule has 3 fully saturated rings. The first-order valence-corrected chi connectivity index (χ1v) is 14.0. The third-order valence-corrected chi connectivity index (χ3v) is 8.45. The van der Waals surface area contributed by atoms with E-state index in [4.69, 9.17) is 5.10 Å². The number of likely N-dealkylation sites (tertiary alicyclic amines) is 3. The molecule has 3 aromatic rings. The Balaban J connectivity index is 1.26. The van der Waals surface area contributed by atoms with Crippen molar-refractivity contribution in [2.45, 2.75) is 63.7 Å². The van der Waals surface area contributed by atoms with Crippen molar-refractivity contribution in [3.63, 3.8) is 0 Å². The van der Waals surface area contributed by atoms with Gasteiger partial charge in [-0.2, -0.15) is 0 Å². The van der Waals surface area contributed by atoms with Crippen LogP contribution in [0.1, 0.15) is 67.1 Å². The van der Waals surface area contributed by atoms with Crippen molar-refractivity contribution in [3.05, 3.63) is 83.4 Å². The molecule has 0 bridgehead atoms. The van der Waals surface area contributed by atoms with Crippen LogP contribution in [-0.2, 0) is 13.1 Å². The van der Waals surface area contributed by atoms with E-state index in [2.05, 4.69) is 79.0 Å². The topological polar surface area (TPSA) is 40.4 Å². The molecule has 1 aromatic heterocycles. The molecule has 0 radical (unpaired) electrons. The molecule has 2 atom stereocenters. The molecule has 6 nitrogen and oxygen atoms in total. The molecule has 3 aliphatic rings. The van der Waals surface area contributed by atoms with E-state index in [-0.39, 0.29) is 6.04 Å². The Labute approximate surface area is 215 Å². The fraction of sp³-hybridized carbons (Fsp3) is 0.533. The summed E-state index contributed by atoms with van der Waals surface area (Å²) in [5.41, 5.74) is 4.04. The average molecular weight is 485 g/mol. The Hall–Kier alpha value is -2.54. The number of hydrogen-bond donors (Lipinski definition) is 0. The molecule has 6 heteroatoms. The van der Waals surface area contributed by atoms with Gasteiger partial charge in [-0.1, -0.05) is 61.0 Å². The van der Waals surface area contributed by atoms with Crippen LogP contribution in [0.3, 0.4) is 0 Å². The largest absolute Gasteiger partial charge is 0.311 e. The third kappa shape index (κ3) is 5.41. The first kappa shape index (κ1) is 23.8. The van der Waals surface area contributed by atoms with E-state index >= 15 is 0 Å².